The molecule has 1 unspecified atom stereocenters. The van der Waals surface area contributed by atoms with Crippen LogP contribution in [0.1, 0.15) is 24.0 Å². The Kier molecular flexibility index (Phi) is 4.88. The first kappa shape index (κ1) is 17.9. The first-order valence-corrected chi connectivity index (χ1v) is 9.45. The van der Waals surface area contributed by atoms with Crippen molar-refractivity contribution in [1.29, 1.82) is 0 Å². The van der Waals surface area contributed by atoms with E-state index in [1.807, 2.05) is 30.3 Å². The molecule has 0 radical (unpaired) electrons. The smallest absolute Gasteiger partial charge is 0.207 e. The summed E-state index contributed by atoms with van der Waals surface area (Å²) < 4.78 is 65.8. The minimum atomic E-state index is -4.57. The van der Waals surface area contributed by atoms with Gasteiger partial charge in [0.1, 0.15) is 0 Å². The maximum absolute atomic E-state index is 12.9. The molecule has 0 spiro atoms. The SMILES string of the molecule is O=S(=O)(c1cccc(C(F)(F)F)c1)N1CCCC1Cc1ccccc1. The predicted molar refractivity (Wildman–Crippen MR) is 88.5 cm³/mol. The van der Waals surface area contributed by atoms with Crippen LogP contribution in [0.15, 0.2) is 59.5 Å². The maximum Gasteiger partial charge on any atom is 0.416 e. The minimum absolute atomic E-state index is 0.234. The molecule has 1 atom stereocenters. The lowest BCUT2D eigenvalue weighted by atomic mass is 10.1. The highest BCUT2D eigenvalue weighted by atomic mass is 32.2. The third kappa shape index (κ3) is 3.88. The number of alkyl halides is 3. The van der Waals surface area contributed by atoms with Crippen molar-refractivity contribution in [3.05, 3.63) is 65.7 Å². The predicted octanol–water partition coefficient (Wildman–Crippen LogP) is 4.10. The fourth-order valence-electron chi connectivity index (χ4n) is 3.18. The second kappa shape index (κ2) is 6.80. The molecule has 1 aliphatic heterocycles. The van der Waals surface area contributed by atoms with Gasteiger partial charge in [0.15, 0.2) is 0 Å². The second-order valence-electron chi connectivity index (χ2n) is 6.13. The molecule has 0 N–H and O–H groups in total. The molecule has 2 aromatic rings. The largest absolute Gasteiger partial charge is 0.416 e. The maximum atomic E-state index is 12.9. The van der Waals surface area contributed by atoms with Crippen LogP contribution in [-0.2, 0) is 22.6 Å². The average molecular weight is 369 g/mol. The van der Waals surface area contributed by atoms with E-state index in [0.717, 1.165) is 17.7 Å². The van der Waals surface area contributed by atoms with Crippen LogP contribution in [0.3, 0.4) is 0 Å². The van der Waals surface area contributed by atoms with Crippen LogP contribution >= 0.6 is 0 Å². The summed E-state index contributed by atoms with van der Waals surface area (Å²) in [6.07, 6.45) is -2.61. The molecule has 0 bridgehead atoms. The van der Waals surface area contributed by atoms with E-state index in [9.17, 15) is 21.6 Å². The zero-order valence-corrected chi connectivity index (χ0v) is 14.2. The van der Waals surface area contributed by atoms with Crippen molar-refractivity contribution in [3.8, 4) is 0 Å². The van der Waals surface area contributed by atoms with Crippen LogP contribution in [-0.4, -0.2) is 25.3 Å². The molecule has 1 aliphatic rings. The van der Waals surface area contributed by atoms with Gasteiger partial charge in [0.25, 0.3) is 0 Å². The lowest BCUT2D eigenvalue weighted by molar-refractivity contribution is -0.137. The summed E-state index contributed by atoms with van der Waals surface area (Å²) in [5, 5.41) is 0. The molecule has 7 heteroatoms. The van der Waals surface area contributed by atoms with E-state index in [4.69, 9.17) is 0 Å². The van der Waals surface area contributed by atoms with Gasteiger partial charge in [0.2, 0.25) is 10.0 Å². The summed E-state index contributed by atoms with van der Waals surface area (Å²) in [6, 6.07) is 13.2. The van der Waals surface area contributed by atoms with Gasteiger partial charge in [-0.25, -0.2) is 8.42 Å². The Morgan fingerprint density at radius 3 is 2.44 bits per heavy atom. The molecule has 1 saturated heterocycles. The Hall–Kier alpha value is -1.86. The number of benzene rings is 2. The van der Waals surface area contributed by atoms with Gasteiger partial charge < -0.3 is 0 Å². The highest BCUT2D eigenvalue weighted by molar-refractivity contribution is 7.89. The van der Waals surface area contributed by atoms with Gasteiger partial charge in [-0.2, -0.15) is 17.5 Å². The van der Waals surface area contributed by atoms with Gasteiger partial charge in [-0.3, -0.25) is 0 Å². The van der Waals surface area contributed by atoms with Crippen molar-refractivity contribution in [2.75, 3.05) is 6.54 Å². The highest BCUT2D eigenvalue weighted by Gasteiger charge is 2.37. The number of nitrogens with zero attached hydrogens (tertiary/aromatic N) is 1. The molecule has 1 heterocycles. The molecule has 0 aliphatic carbocycles. The summed E-state index contributed by atoms with van der Waals surface area (Å²) in [5.74, 6) is 0. The zero-order valence-electron chi connectivity index (χ0n) is 13.4. The molecule has 0 saturated carbocycles. The summed E-state index contributed by atoms with van der Waals surface area (Å²) >= 11 is 0. The Balaban J connectivity index is 1.88. The molecule has 3 nitrogen and oxygen atoms in total. The second-order valence-corrected chi connectivity index (χ2v) is 8.02. The summed E-state index contributed by atoms with van der Waals surface area (Å²) in [5.41, 5.74) is 0.0611. The third-order valence-electron chi connectivity index (χ3n) is 4.41. The molecule has 0 amide bonds. The molecule has 0 aromatic heterocycles. The lowest BCUT2D eigenvalue weighted by Crippen LogP contribution is -2.36. The Morgan fingerprint density at radius 2 is 1.76 bits per heavy atom. The fraction of sp³-hybridized carbons (Fsp3) is 0.333. The van der Waals surface area contributed by atoms with Gasteiger partial charge in [-0.05, 0) is 43.0 Å². The lowest BCUT2D eigenvalue weighted by Gasteiger charge is -2.24. The van der Waals surface area contributed by atoms with Gasteiger partial charge in [-0.1, -0.05) is 36.4 Å². The fourth-order valence-corrected chi connectivity index (χ4v) is 4.92. The van der Waals surface area contributed by atoms with Crippen LogP contribution in [0.4, 0.5) is 13.2 Å². The summed E-state index contributed by atoms with van der Waals surface area (Å²) in [6.45, 7) is 0.329. The van der Waals surface area contributed by atoms with E-state index in [2.05, 4.69) is 0 Å². The first-order chi connectivity index (χ1) is 11.8. The topological polar surface area (TPSA) is 37.4 Å². The van der Waals surface area contributed by atoms with E-state index >= 15 is 0 Å². The van der Waals surface area contributed by atoms with Crippen molar-refractivity contribution < 1.29 is 21.6 Å². The Morgan fingerprint density at radius 1 is 1.04 bits per heavy atom. The van der Waals surface area contributed by atoms with Crippen molar-refractivity contribution in [2.24, 2.45) is 0 Å². The summed E-state index contributed by atoms with van der Waals surface area (Å²) in [4.78, 5) is -0.303. The molecule has 134 valence electrons. The summed E-state index contributed by atoms with van der Waals surface area (Å²) in [7, 11) is -3.96. The van der Waals surface area contributed by atoms with Crippen LogP contribution in [0.5, 0.6) is 0 Å². The number of hydrogen-bond acceptors (Lipinski definition) is 2. The Bertz CT molecular complexity index is 835. The van der Waals surface area contributed by atoms with Crippen molar-refractivity contribution in [1.82, 2.24) is 4.31 Å². The van der Waals surface area contributed by atoms with Crippen LogP contribution in [0.2, 0.25) is 0 Å². The standard InChI is InChI=1S/C18H18F3NO2S/c19-18(20,21)15-8-4-10-17(13-15)25(23,24)22-11-5-9-16(22)12-14-6-2-1-3-7-14/h1-4,6-8,10,13,16H,5,9,11-12H2. The zero-order chi connectivity index (χ0) is 18.1. The minimum Gasteiger partial charge on any atom is -0.207 e. The number of halogens is 3. The first-order valence-electron chi connectivity index (χ1n) is 8.01. The van der Waals surface area contributed by atoms with Crippen molar-refractivity contribution >= 4 is 10.0 Å². The van der Waals surface area contributed by atoms with Crippen molar-refractivity contribution in [2.45, 2.75) is 36.4 Å². The van der Waals surface area contributed by atoms with Crippen LogP contribution in [0, 0.1) is 0 Å². The molecule has 2 aromatic carbocycles. The van der Waals surface area contributed by atoms with Crippen LogP contribution in [0.25, 0.3) is 0 Å². The van der Waals surface area contributed by atoms with E-state index in [-0.39, 0.29) is 10.9 Å². The van der Waals surface area contributed by atoms with E-state index in [0.29, 0.717) is 31.9 Å². The van der Waals surface area contributed by atoms with E-state index in [1.54, 1.807) is 0 Å². The third-order valence-corrected chi connectivity index (χ3v) is 6.35. The van der Waals surface area contributed by atoms with Gasteiger partial charge >= 0.3 is 6.18 Å². The molecule has 3 rings (SSSR count). The van der Waals surface area contributed by atoms with Crippen LogP contribution < -0.4 is 0 Å². The normalized spacial score (nSPS) is 19.2. The molecule has 25 heavy (non-hydrogen) atoms. The Labute approximate surface area is 145 Å². The molecular weight excluding hydrogens is 351 g/mol. The molecular formula is C18H18F3NO2S. The highest BCUT2D eigenvalue weighted by Crippen LogP contribution is 2.33. The van der Waals surface area contributed by atoms with Gasteiger partial charge in [0.05, 0.1) is 10.5 Å². The monoisotopic (exact) mass is 369 g/mol. The average Bonchev–Trinajstić information content (AvgIpc) is 3.04. The van der Waals surface area contributed by atoms with E-state index in [1.165, 1.54) is 10.4 Å². The number of hydrogen-bond donors (Lipinski definition) is 0. The number of sulfonamides is 1. The van der Waals surface area contributed by atoms with Crippen molar-refractivity contribution in [3.63, 3.8) is 0 Å². The number of rotatable bonds is 4. The molecule has 1 fully saturated rings. The van der Waals surface area contributed by atoms with Gasteiger partial charge in [-0.15, -0.1) is 0 Å². The van der Waals surface area contributed by atoms with Gasteiger partial charge in [0, 0.05) is 12.6 Å². The quantitative estimate of drug-likeness (QED) is 0.814. The van der Waals surface area contributed by atoms with E-state index < -0.39 is 21.8 Å².